The molecule has 0 radical (unpaired) electrons. The van der Waals surface area contributed by atoms with E-state index in [1.807, 2.05) is 10.9 Å². The van der Waals surface area contributed by atoms with Gasteiger partial charge in [0.05, 0.1) is 30.1 Å². The normalized spacial score (nSPS) is 21.7. The molecule has 3 atom stereocenters. The third-order valence-corrected chi connectivity index (χ3v) is 5.01. The molecule has 1 aliphatic rings. The average molecular weight is 405 g/mol. The van der Waals surface area contributed by atoms with Gasteiger partial charge >= 0.3 is 6.03 Å². The lowest BCUT2D eigenvalue weighted by molar-refractivity contribution is -0.0905. The monoisotopic (exact) mass is 405 g/mol. The molecule has 3 rings (SSSR count). The molecule has 0 aliphatic carbocycles. The smallest absolute Gasteiger partial charge is 0.319 e. The third kappa shape index (κ3) is 5.98. The first-order chi connectivity index (χ1) is 14.1. The largest absolute Gasteiger partial charge is 0.394 e. The highest BCUT2D eigenvalue weighted by molar-refractivity contribution is 5.89. The van der Waals surface area contributed by atoms with Gasteiger partial charge in [-0.1, -0.05) is 30.7 Å². The predicted molar refractivity (Wildman–Crippen MR) is 106 cm³/mol. The summed E-state index contributed by atoms with van der Waals surface area (Å²) in [7, 11) is 0. The zero-order valence-corrected chi connectivity index (χ0v) is 16.6. The number of amides is 2. The minimum absolute atomic E-state index is 0.0290. The lowest BCUT2D eigenvalue weighted by Crippen LogP contribution is -2.52. The molecule has 1 aromatic heterocycles. The van der Waals surface area contributed by atoms with Crippen LogP contribution in [-0.2, 0) is 17.7 Å². The molecule has 0 saturated carbocycles. The second kappa shape index (κ2) is 10.3. The topological polar surface area (TPSA) is 101 Å². The van der Waals surface area contributed by atoms with Crippen LogP contribution in [0.3, 0.4) is 0 Å². The van der Waals surface area contributed by atoms with E-state index in [0.717, 1.165) is 31.4 Å². The summed E-state index contributed by atoms with van der Waals surface area (Å²) in [5.41, 5.74) is 1.09. The highest BCUT2D eigenvalue weighted by atomic mass is 19.1. The number of urea groups is 1. The van der Waals surface area contributed by atoms with Crippen LogP contribution < -0.4 is 10.6 Å². The third-order valence-electron chi connectivity index (χ3n) is 5.01. The number of aliphatic hydroxyl groups is 1. The Morgan fingerprint density at radius 3 is 2.97 bits per heavy atom. The quantitative estimate of drug-likeness (QED) is 0.626. The van der Waals surface area contributed by atoms with Gasteiger partial charge in [-0.3, -0.25) is 4.68 Å². The lowest BCUT2D eigenvalue weighted by Gasteiger charge is -2.36. The fourth-order valence-corrected chi connectivity index (χ4v) is 3.49. The van der Waals surface area contributed by atoms with Crippen molar-refractivity contribution >= 4 is 11.7 Å². The zero-order chi connectivity index (χ0) is 20.6. The fourth-order valence-electron chi connectivity index (χ4n) is 3.49. The van der Waals surface area contributed by atoms with Gasteiger partial charge in [-0.2, -0.15) is 0 Å². The Morgan fingerprint density at radius 1 is 1.38 bits per heavy atom. The van der Waals surface area contributed by atoms with Crippen LogP contribution in [0, 0.1) is 5.82 Å². The van der Waals surface area contributed by atoms with Crippen LogP contribution in [0.1, 0.15) is 38.3 Å². The van der Waals surface area contributed by atoms with Gasteiger partial charge in [-0.05, 0) is 37.8 Å². The van der Waals surface area contributed by atoms with Crippen LogP contribution in [0.2, 0.25) is 0 Å². The standard InChI is InChI=1S/C20H28FN5O3/c1-2-5-14-12-26(25-24-14)11-10-15-8-9-18(19(13-27)29-15)23-20(28)22-17-7-4-3-6-16(17)21/h3-4,6-7,12,15,18-19,27H,2,5,8-11,13H2,1H3,(H2,22,23,28)/t15-,18+,19+/m0/s1. The molecule has 1 aromatic carbocycles. The molecular weight excluding hydrogens is 377 g/mol. The number of para-hydroxylation sites is 1. The van der Waals surface area contributed by atoms with Crippen LogP contribution in [-0.4, -0.2) is 51.0 Å². The first kappa shape index (κ1) is 21.2. The Bertz CT molecular complexity index is 800. The molecule has 158 valence electrons. The summed E-state index contributed by atoms with van der Waals surface area (Å²) >= 11 is 0. The first-order valence-corrected chi connectivity index (χ1v) is 10.1. The van der Waals surface area contributed by atoms with Crippen LogP contribution in [0.15, 0.2) is 30.5 Å². The molecule has 29 heavy (non-hydrogen) atoms. The molecular formula is C20H28FN5O3. The lowest BCUT2D eigenvalue weighted by atomic mass is 9.97. The summed E-state index contributed by atoms with van der Waals surface area (Å²) in [5, 5.41) is 23.2. The van der Waals surface area contributed by atoms with Crippen LogP contribution in [0.25, 0.3) is 0 Å². The van der Waals surface area contributed by atoms with Crippen molar-refractivity contribution in [2.75, 3.05) is 11.9 Å². The van der Waals surface area contributed by atoms with Crippen molar-refractivity contribution in [3.63, 3.8) is 0 Å². The van der Waals surface area contributed by atoms with E-state index in [0.29, 0.717) is 13.0 Å². The molecule has 0 unspecified atom stereocenters. The number of hydrogen-bond acceptors (Lipinski definition) is 5. The van der Waals surface area contributed by atoms with Crippen molar-refractivity contribution in [1.29, 1.82) is 0 Å². The Labute approximate surface area is 169 Å². The fraction of sp³-hybridized carbons (Fsp3) is 0.550. The number of nitrogens with zero attached hydrogens (tertiary/aromatic N) is 3. The van der Waals surface area contributed by atoms with E-state index in [2.05, 4.69) is 27.9 Å². The number of anilines is 1. The van der Waals surface area contributed by atoms with Crippen LogP contribution in [0.4, 0.5) is 14.9 Å². The second-order valence-electron chi connectivity index (χ2n) is 7.25. The number of aryl methyl sites for hydroxylation is 2. The molecule has 1 saturated heterocycles. The molecule has 2 amide bonds. The minimum atomic E-state index is -0.522. The predicted octanol–water partition coefficient (Wildman–Crippen LogP) is 2.49. The first-order valence-electron chi connectivity index (χ1n) is 10.1. The number of rotatable bonds is 8. The van der Waals surface area contributed by atoms with Gasteiger partial charge in [0.1, 0.15) is 11.9 Å². The number of halogens is 1. The van der Waals surface area contributed by atoms with Gasteiger partial charge in [-0.15, -0.1) is 5.10 Å². The summed E-state index contributed by atoms with van der Waals surface area (Å²) in [6.45, 7) is 2.58. The average Bonchev–Trinajstić information content (AvgIpc) is 3.17. The van der Waals surface area contributed by atoms with Gasteiger partial charge in [0.25, 0.3) is 0 Å². The van der Waals surface area contributed by atoms with Crippen molar-refractivity contribution in [3.8, 4) is 0 Å². The highest BCUT2D eigenvalue weighted by Crippen LogP contribution is 2.23. The minimum Gasteiger partial charge on any atom is -0.394 e. The molecule has 9 heteroatoms. The van der Waals surface area contributed by atoms with E-state index in [4.69, 9.17) is 4.74 Å². The van der Waals surface area contributed by atoms with E-state index in [1.165, 1.54) is 12.1 Å². The second-order valence-corrected chi connectivity index (χ2v) is 7.25. The molecule has 2 aromatic rings. The maximum absolute atomic E-state index is 13.7. The van der Waals surface area contributed by atoms with Crippen molar-refractivity contribution in [2.45, 2.75) is 63.8 Å². The summed E-state index contributed by atoms with van der Waals surface area (Å²) < 4.78 is 21.5. The van der Waals surface area contributed by atoms with E-state index >= 15 is 0 Å². The number of ether oxygens (including phenoxy) is 1. The summed E-state index contributed by atoms with van der Waals surface area (Å²) in [4.78, 5) is 12.2. The molecule has 1 aliphatic heterocycles. The van der Waals surface area contributed by atoms with Gasteiger partial charge in [-0.25, -0.2) is 9.18 Å². The number of hydrogen-bond donors (Lipinski definition) is 3. The molecule has 8 nitrogen and oxygen atoms in total. The number of aromatic nitrogens is 3. The molecule has 2 heterocycles. The summed E-state index contributed by atoms with van der Waals surface area (Å²) in [6, 6.07) is 5.10. The van der Waals surface area contributed by atoms with Gasteiger partial charge < -0.3 is 20.5 Å². The van der Waals surface area contributed by atoms with E-state index in [1.54, 1.807) is 12.1 Å². The Hall–Kier alpha value is -2.52. The zero-order valence-electron chi connectivity index (χ0n) is 16.6. The maximum atomic E-state index is 13.7. The highest BCUT2D eigenvalue weighted by Gasteiger charge is 2.32. The van der Waals surface area contributed by atoms with E-state index in [-0.39, 0.29) is 24.4 Å². The summed E-state index contributed by atoms with van der Waals surface area (Å²) in [6.07, 6.45) is 5.52. The SMILES string of the molecule is CCCc1cn(CC[C@@H]2CC[C@@H](NC(=O)Nc3ccccc3F)[C@@H](CO)O2)nn1. The van der Waals surface area contributed by atoms with Crippen molar-refractivity contribution < 1.29 is 19.0 Å². The van der Waals surface area contributed by atoms with Crippen molar-refractivity contribution in [2.24, 2.45) is 0 Å². The number of carbonyl (C=O) groups is 1. The molecule has 3 N–H and O–H groups in total. The van der Waals surface area contributed by atoms with Crippen LogP contribution in [0.5, 0.6) is 0 Å². The van der Waals surface area contributed by atoms with Crippen molar-refractivity contribution in [1.82, 2.24) is 20.3 Å². The van der Waals surface area contributed by atoms with Gasteiger partial charge in [0.15, 0.2) is 0 Å². The maximum Gasteiger partial charge on any atom is 0.319 e. The number of aliphatic hydroxyl groups excluding tert-OH is 1. The molecule has 0 spiro atoms. The molecule has 1 fully saturated rings. The van der Waals surface area contributed by atoms with Gasteiger partial charge in [0.2, 0.25) is 0 Å². The Balaban J connectivity index is 1.47. The number of carbonyl (C=O) groups excluding carboxylic acids is 1. The van der Waals surface area contributed by atoms with Crippen molar-refractivity contribution in [3.05, 3.63) is 42.0 Å². The summed E-state index contributed by atoms with van der Waals surface area (Å²) in [5.74, 6) is -0.503. The number of benzene rings is 1. The van der Waals surface area contributed by atoms with Gasteiger partial charge in [0, 0.05) is 12.7 Å². The van der Waals surface area contributed by atoms with E-state index < -0.39 is 18.0 Å². The Morgan fingerprint density at radius 2 is 2.21 bits per heavy atom. The number of nitrogens with one attached hydrogen (secondary N) is 2. The Kier molecular flexibility index (Phi) is 7.54. The van der Waals surface area contributed by atoms with Crippen LogP contribution >= 0.6 is 0 Å². The van der Waals surface area contributed by atoms with E-state index in [9.17, 15) is 14.3 Å². The molecule has 0 bridgehead atoms.